The van der Waals surface area contributed by atoms with Gasteiger partial charge < -0.3 is 9.84 Å². The van der Waals surface area contributed by atoms with Crippen LogP contribution in [0.3, 0.4) is 0 Å². The Bertz CT molecular complexity index is 754. The lowest BCUT2D eigenvalue weighted by Gasteiger charge is -2.37. The number of likely N-dealkylation sites (tertiary alicyclic amines) is 1. The number of ether oxygens (including phenoxy) is 1. The monoisotopic (exact) mass is 356 g/mol. The molecule has 1 N–H and O–H groups in total. The molecule has 1 saturated heterocycles. The van der Waals surface area contributed by atoms with Crippen molar-refractivity contribution in [2.24, 2.45) is 0 Å². The standard InChI is InChI=1S/C21H28N2O3/c1-3-23(15-21(24)25)19-8-10-22(11-9-19)14-16-4-5-18-13-20(26-2)7-6-17(18)12-16/h4-7,12-13,19H,3,8-11,14-15H2,1-2H3,(H,24,25). The maximum Gasteiger partial charge on any atom is 0.317 e. The van der Waals surface area contributed by atoms with Gasteiger partial charge in [0.2, 0.25) is 0 Å². The van der Waals surface area contributed by atoms with Crippen molar-refractivity contribution in [1.82, 2.24) is 9.80 Å². The van der Waals surface area contributed by atoms with Crippen molar-refractivity contribution in [1.29, 1.82) is 0 Å². The Morgan fingerprint density at radius 1 is 1.19 bits per heavy atom. The van der Waals surface area contributed by atoms with Gasteiger partial charge in [-0.3, -0.25) is 14.6 Å². The highest BCUT2D eigenvalue weighted by atomic mass is 16.5. The van der Waals surface area contributed by atoms with E-state index in [1.54, 1.807) is 7.11 Å². The van der Waals surface area contributed by atoms with Gasteiger partial charge in [-0.25, -0.2) is 0 Å². The van der Waals surface area contributed by atoms with E-state index in [9.17, 15) is 4.79 Å². The van der Waals surface area contributed by atoms with Crippen LogP contribution in [0.4, 0.5) is 0 Å². The first-order valence-electron chi connectivity index (χ1n) is 9.34. The molecule has 5 heteroatoms. The van der Waals surface area contributed by atoms with Gasteiger partial charge >= 0.3 is 5.97 Å². The predicted molar refractivity (Wildman–Crippen MR) is 104 cm³/mol. The Morgan fingerprint density at radius 2 is 1.88 bits per heavy atom. The second-order valence-electron chi connectivity index (χ2n) is 7.01. The SMILES string of the molecule is CCN(CC(=O)O)C1CCN(Cc2ccc3cc(OC)ccc3c2)CC1. The molecule has 0 bridgehead atoms. The predicted octanol–water partition coefficient (Wildman–Crippen LogP) is 3.22. The van der Waals surface area contributed by atoms with E-state index >= 15 is 0 Å². The molecule has 0 atom stereocenters. The topological polar surface area (TPSA) is 53.0 Å². The zero-order valence-corrected chi connectivity index (χ0v) is 15.6. The number of carboxylic acids is 1. The van der Waals surface area contributed by atoms with Crippen molar-refractivity contribution < 1.29 is 14.6 Å². The van der Waals surface area contributed by atoms with Crippen molar-refractivity contribution in [3.8, 4) is 5.75 Å². The van der Waals surface area contributed by atoms with Crippen molar-refractivity contribution in [2.75, 3.05) is 33.3 Å². The van der Waals surface area contributed by atoms with E-state index in [0.717, 1.165) is 44.8 Å². The van der Waals surface area contributed by atoms with Crippen LogP contribution in [0.15, 0.2) is 36.4 Å². The first-order chi connectivity index (χ1) is 12.6. The molecule has 0 unspecified atom stereocenters. The van der Waals surface area contributed by atoms with E-state index in [0.29, 0.717) is 6.04 Å². The molecule has 1 aliphatic rings. The summed E-state index contributed by atoms with van der Waals surface area (Å²) in [6.45, 7) is 5.96. The molecule has 5 nitrogen and oxygen atoms in total. The fraction of sp³-hybridized carbons (Fsp3) is 0.476. The number of nitrogens with zero attached hydrogens (tertiary/aromatic N) is 2. The Morgan fingerprint density at radius 3 is 2.54 bits per heavy atom. The Balaban J connectivity index is 1.59. The third kappa shape index (κ3) is 4.54. The quantitative estimate of drug-likeness (QED) is 0.825. The van der Waals surface area contributed by atoms with Gasteiger partial charge in [0.25, 0.3) is 0 Å². The van der Waals surface area contributed by atoms with Crippen LogP contribution in [0.25, 0.3) is 10.8 Å². The summed E-state index contributed by atoms with van der Waals surface area (Å²) in [5, 5.41) is 11.5. The summed E-state index contributed by atoms with van der Waals surface area (Å²) in [4.78, 5) is 15.6. The second-order valence-corrected chi connectivity index (χ2v) is 7.01. The highest BCUT2D eigenvalue weighted by molar-refractivity contribution is 5.84. The maximum absolute atomic E-state index is 11.0. The fourth-order valence-electron chi connectivity index (χ4n) is 3.87. The summed E-state index contributed by atoms with van der Waals surface area (Å²) < 4.78 is 5.29. The molecule has 26 heavy (non-hydrogen) atoms. The van der Waals surface area contributed by atoms with Crippen molar-refractivity contribution >= 4 is 16.7 Å². The molecule has 0 amide bonds. The van der Waals surface area contributed by atoms with Crippen LogP contribution in [0.5, 0.6) is 5.75 Å². The van der Waals surface area contributed by atoms with E-state index in [2.05, 4.69) is 40.1 Å². The summed E-state index contributed by atoms with van der Waals surface area (Å²) in [5.41, 5.74) is 1.32. The molecule has 1 aliphatic heterocycles. The number of fused-ring (bicyclic) bond motifs is 1. The fourth-order valence-corrected chi connectivity index (χ4v) is 3.87. The highest BCUT2D eigenvalue weighted by Crippen LogP contribution is 2.24. The number of likely N-dealkylation sites (N-methyl/N-ethyl adjacent to an activating group) is 1. The van der Waals surface area contributed by atoms with Crippen LogP contribution in [0, 0.1) is 0 Å². The van der Waals surface area contributed by atoms with E-state index in [1.165, 1.54) is 16.3 Å². The molecule has 0 saturated carbocycles. The average molecular weight is 356 g/mol. The zero-order chi connectivity index (χ0) is 18.5. The van der Waals surface area contributed by atoms with Gasteiger partial charge in [-0.1, -0.05) is 25.1 Å². The van der Waals surface area contributed by atoms with Crippen LogP contribution < -0.4 is 4.74 Å². The van der Waals surface area contributed by atoms with E-state index in [-0.39, 0.29) is 6.54 Å². The Kier molecular flexibility index (Phi) is 6.12. The minimum absolute atomic E-state index is 0.148. The van der Waals surface area contributed by atoms with E-state index < -0.39 is 5.97 Å². The molecular weight excluding hydrogens is 328 g/mol. The molecule has 0 radical (unpaired) electrons. The van der Waals surface area contributed by atoms with Crippen LogP contribution >= 0.6 is 0 Å². The molecule has 1 heterocycles. The number of methoxy groups -OCH3 is 1. The van der Waals surface area contributed by atoms with Gasteiger partial charge in [0.1, 0.15) is 5.75 Å². The van der Waals surface area contributed by atoms with Gasteiger partial charge in [-0.05, 0) is 67.0 Å². The molecule has 1 fully saturated rings. The van der Waals surface area contributed by atoms with Crippen molar-refractivity contribution in [3.63, 3.8) is 0 Å². The van der Waals surface area contributed by atoms with Crippen LogP contribution in [-0.2, 0) is 11.3 Å². The summed E-state index contributed by atoms with van der Waals surface area (Å²) >= 11 is 0. The molecule has 2 aromatic rings. The number of hydrogen-bond acceptors (Lipinski definition) is 4. The number of carboxylic acid groups (broad SMARTS) is 1. The lowest BCUT2D eigenvalue weighted by molar-refractivity contribution is -0.139. The Labute approximate surface area is 155 Å². The van der Waals surface area contributed by atoms with Gasteiger partial charge in [-0.2, -0.15) is 0 Å². The van der Waals surface area contributed by atoms with Gasteiger partial charge in [0.05, 0.1) is 13.7 Å². The number of piperidine rings is 1. The zero-order valence-electron chi connectivity index (χ0n) is 15.6. The molecular formula is C21H28N2O3. The molecule has 0 aliphatic carbocycles. The van der Waals surface area contributed by atoms with Gasteiger partial charge in [0, 0.05) is 12.6 Å². The van der Waals surface area contributed by atoms with E-state index in [4.69, 9.17) is 9.84 Å². The number of aliphatic carboxylic acids is 1. The summed E-state index contributed by atoms with van der Waals surface area (Å²) in [6.07, 6.45) is 2.07. The number of rotatable bonds is 7. The van der Waals surface area contributed by atoms with Crippen molar-refractivity contribution in [3.05, 3.63) is 42.0 Å². The van der Waals surface area contributed by atoms with Crippen molar-refractivity contribution in [2.45, 2.75) is 32.4 Å². The minimum atomic E-state index is -0.734. The first-order valence-corrected chi connectivity index (χ1v) is 9.34. The summed E-state index contributed by atoms with van der Waals surface area (Å²) in [6, 6.07) is 13.2. The molecule has 3 rings (SSSR count). The van der Waals surface area contributed by atoms with Crippen LogP contribution in [0.1, 0.15) is 25.3 Å². The summed E-state index contributed by atoms with van der Waals surface area (Å²) in [5.74, 6) is 0.149. The smallest absolute Gasteiger partial charge is 0.317 e. The van der Waals surface area contributed by atoms with Gasteiger partial charge in [-0.15, -0.1) is 0 Å². The van der Waals surface area contributed by atoms with E-state index in [1.807, 2.05) is 13.0 Å². The third-order valence-corrected chi connectivity index (χ3v) is 5.34. The number of carbonyl (C=O) groups is 1. The lowest BCUT2D eigenvalue weighted by atomic mass is 10.0. The molecule has 0 spiro atoms. The highest BCUT2D eigenvalue weighted by Gasteiger charge is 2.24. The molecule has 2 aromatic carbocycles. The number of hydrogen-bond donors (Lipinski definition) is 1. The Hall–Kier alpha value is -2.11. The first kappa shape index (κ1) is 18.7. The molecule has 0 aromatic heterocycles. The third-order valence-electron chi connectivity index (χ3n) is 5.34. The normalized spacial score (nSPS) is 16.3. The average Bonchev–Trinajstić information content (AvgIpc) is 2.66. The number of benzene rings is 2. The van der Waals surface area contributed by atoms with Crippen LogP contribution in [-0.4, -0.2) is 60.2 Å². The lowest BCUT2D eigenvalue weighted by Crippen LogP contribution is -2.46. The second kappa shape index (κ2) is 8.52. The van der Waals surface area contributed by atoms with Gasteiger partial charge in [0.15, 0.2) is 0 Å². The maximum atomic E-state index is 11.0. The minimum Gasteiger partial charge on any atom is -0.497 e. The summed E-state index contributed by atoms with van der Waals surface area (Å²) in [7, 11) is 1.69. The molecule has 140 valence electrons. The largest absolute Gasteiger partial charge is 0.497 e. The van der Waals surface area contributed by atoms with Crippen LogP contribution in [0.2, 0.25) is 0 Å².